The molecule has 1 fully saturated rings. The van der Waals surface area contributed by atoms with Crippen LogP contribution in [0.2, 0.25) is 0 Å². The van der Waals surface area contributed by atoms with Crippen LogP contribution in [-0.2, 0) is 32.7 Å². The average molecular weight is 786 g/mol. The summed E-state index contributed by atoms with van der Waals surface area (Å²) in [5.74, 6) is -1.75. The summed E-state index contributed by atoms with van der Waals surface area (Å²) >= 11 is 0. The second-order valence-electron chi connectivity index (χ2n) is 14.1. The molecule has 0 heterocycles. The van der Waals surface area contributed by atoms with Crippen molar-refractivity contribution in [2.75, 3.05) is 26.4 Å². The molecule has 12 nitrogen and oxygen atoms in total. The molecule has 13 heteroatoms. The lowest BCUT2D eigenvalue weighted by molar-refractivity contribution is -0.160. The predicted molar refractivity (Wildman–Crippen MR) is 212 cm³/mol. The highest BCUT2D eigenvalue weighted by atomic mass is 31.2. The van der Waals surface area contributed by atoms with Gasteiger partial charge in [0.25, 0.3) is 0 Å². The molecule has 0 saturated heterocycles. The van der Waals surface area contributed by atoms with E-state index in [0.717, 1.165) is 64.2 Å². The number of esters is 2. The zero-order valence-corrected chi connectivity index (χ0v) is 33.9. The fourth-order valence-corrected chi connectivity index (χ4v) is 6.93. The third-order valence-corrected chi connectivity index (χ3v) is 10.3. The highest BCUT2D eigenvalue weighted by molar-refractivity contribution is 7.47. The lowest BCUT2D eigenvalue weighted by Crippen LogP contribution is -2.29. The number of aliphatic hydroxyl groups is 3. The Morgan fingerprint density at radius 2 is 1.48 bits per heavy atom. The highest BCUT2D eigenvalue weighted by Crippen LogP contribution is 2.43. The summed E-state index contributed by atoms with van der Waals surface area (Å²) in [6.07, 6.45) is 28.4. The van der Waals surface area contributed by atoms with Crippen LogP contribution in [0.1, 0.15) is 136 Å². The zero-order valence-electron chi connectivity index (χ0n) is 33.0. The molecule has 0 aromatic rings. The molecule has 312 valence electrons. The lowest BCUT2D eigenvalue weighted by atomic mass is 9.89. The number of hydrogen-bond acceptors (Lipinski definition) is 11. The van der Waals surface area contributed by atoms with Crippen LogP contribution in [0.25, 0.3) is 0 Å². The van der Waals surface area contributed by atoms with E-state index >= 15 is 0 Å². The van der Waals surface area contributed by atoms with Gasteiger partial charge in [0, 0.05) is 25.3 Å². The fourth-order valence-electron chi connectivity index (χ4n) is 6.16. The molecule has 1 unspecified atom stereocenters. The van der Waals surface area contributed by atoms with Gasteiger partial charge in [-0.2, -0.15) is 0 Å². The molecule has 1 rings (SSSR count). The number of nitrogens with two attached hydrogens (primary N) is 1. The summed E-state index contributed by atoms with van der Waals surface area (Å²) < 4.78 is 32.6. The number of carbonyl (C=O) groups is 2. The van der Waals surface area contributed by atoms with Crippen molar-refractivity contribution < 1.29 is 52.9 Å². The molecule has 0 bridgehead atoms. The molecule has 54 heavy (non-hydrogen) atoms. The van der Waals surface area contributed by atoms with Crippen LogP contribution < -0.4 is 5.73 Å². The first-order valence-corrected chi connectivity index (χ1v) is 21.9. The van der Waals surface area contributed by atoms with Crippen molar-refractivity contribution in [3.8, 4) is 0 Å². The zero-order chi connectivity index (χ0) is 39.9. The van der Waals surface area contributed by atoms with Gasteiger partial charge in [-0.05, 0) is 57.3 Å². The van der Waals surface area contributed by atoms with E-state index in [-0.39, 0.29) is 44.2 Å². The monoisotopic (exact) mass is 785 g/mol. The molecule has 1 saturated carbocycles. The standard InChI is InChI=1S/C41H72NO11P/c1-3-5-7-8-9-10-11-12-13-14-15-16-17-18-20-26-41(47)53-35(33-52-54(48,49)51-30-29-42)32-50-40(46)25-22-21-24-36-37(39(45)31-38(36)44)28-27-34(43)23-19-6-4-2/h9-10,12-13,21-22,27-28,34-39,43-45H,3-8,11,14-20,23-26,29-33,42H2,1-2H3,(H,48,49)/b10-9-,13-12-,22-21-,28-27+/t34-,35-,36+,37-,38+,39-/m1/s1. The topological polar surface area (TPSA) is 195 Å². The van der Waals surface area contributed by atoms with E-state index in [4.69, 9.17) is 24.3 Å². The van der Waals surface area contributed by atoms with Crippen LogP contribution in [0, 0.1) is 11.8 Å². The van der Waals surface area contributed by atoms with Crippen LogP contribution in [0.4, 0.5) is 0 Å². The van der Waals surface area contributed by atoms with Crippen molar-refractivity contribution >= 4 is 19.8 Å². The smallest absolute Gasteiger partial charge is 0.461 e. The quantitative estimate of drug-likeness (QED) is 0.0190. The second-order valence-corrected chi connectivity index (χ2v) is 15.6. The van der Waals surface area contributed by atoms with Crippen LogP contribution in [0.5, 0.6) is 0 Å². The van der Waals surface area contributed by atoms with E-state index in [9.17, 15) is 34.4 Å². The van der Waals surface area contributed by atoms with Gasteiger partial charge in [0.1, 0.15) is 6.61 Å². The van der Waals surface area contributed by atoms with E-state index in [1.165, 1.54) is 19.3 Å². The first kappa shape index (κ1) is 49.9. The number of aliphatic hydroxyl groups excluding tert-OH is 3. The van der Waals surface area contributed by atoms with Crippen LogP contribution in [0.15, 0.2) is 48.6 Å². The summed E-state index contributed by atoms with van der Waals surface area (Å²) in [5, 5.41) is 31.3. The Hall–Kier alpha value is -2.15. The first-order chi connectivity index (χ1) is 26.0. The van der Waals surface area contributed by atoms with Crippen molar-refractivity contribution in [1.82, 2.24) is 0 Å². The molecule has 0 aliphatic heterocycles. The van der Waals surface area contributed by atoms with E-state index < -0.39 is 57.4 Å². The SMILES string of the molecule is CCCCC/C=C\C/C=C\CCCCCCCC(=O)O[C@H](COC(=O)C/C=C\C[C@H]1[C@@H](/C=C/[C@H](O)CCCCC)[C@H](O)C[C@@H]1O)COP(=O)(O)OCCN. The molecule has 0 aromatic heterocycles. The van der Waals surface area contributed by atoms with E-state index in [1.807, 2.05) is 0 Å². The van der Waals surface area contributed by atoms with E-state index in [1.54, 1.807) is 24.3 Å². The van der Waals surface area contributed by atoms with Gasteiger partial charge in [0.2, 0.25) is 0 Å². The number of rotatable bonds is 33. The van der Waals surface area contributed by atoms with Crippen molar-refractivity contribution in [2.24, 2.45) is 17.6 Å². The number of allylic oxidation sites excluding steroid dienone is 5. The molecule has 0 radical (unpaired) electrons. The maximum absolute atomic E-state index is 12.6. The number of hydrogen-bond donors (Lipinski definition) is 5. The van der Waals surface area contributed by atoms with Gasteiger partial charge in [-0.25, -0.2) is 4.57 Å². The summed E-state index contributed by atoms with van der Waals surface area (Å²) in [7, 11) is -4.46. The molecular weight excluding hydrogens is 713 g/mol. The summed E-state index contributed by atoms with van der Waals surface area (Å²) in [6.45, 7) is 3.19. The second kappa shape index (κ2) is 32.0. The van der Waals surface area contributed by atoms with Crippen LogP contribution in [0.3, 0.4) is 0 Å². The largest absolute Gasteiger partial charge is 0.472 e. The predicted octanol–water partition coefficient (Wildman–Crippen LogP) is 7.54. The number of ether oxygens (including phenoxy) is 2. The first-order valence-electron chi connectivity index (χ1n) is 20.4. The molecule has 1 aliphatic carbocycles. The maximum atomic E-state index is 12.6. The van der Waals surface area contributed by atoms with Crippen molar-refractivity contribution in [3.63, 3.8) is 0 Å². The molecule has 1 aliphatic rings. The van der Waals surface area contributed by atoms with Gasteiger partial charge in [-0.15, -0.1) is 0 Å². The number of carbonyl (C=O) groups excluding carboxylic acids is 2. The summed E-state index contributed by atoms with van der Waals surface area (Å²) in [4.78, 5) is 35.0. The van der Waals surface area contributed by atoms with Crippen molar-refractivity contribution in [3.05, 3.63) is 48.6 Å². The van der Waals surface area contributed by atoms with Crippen molar-refractivity contribution in [2.45, 2.75) is 160 Å². The van der Waals surface area contributed by atoms with Crippen LogP contribution in [-0.4, -0.2) is 82.9 Å². The lowest BCUT2D eigenvalue weighted by Gasteiger charge is -2.20. The third kappa shape index (κ3) is 25.8. The molecule has 0 aromatic carbocycles. The Kier molecular flexibility index (Phi) is 29.5. The van der Waals surface area contributed by atoms with Gasteiger partial charge in [-0.1, -0.05) is 114 Å². The molecule has 0 amide bonds. The Labute approximate surface area is 324 Å². The van der Waals surface area contributed by atoms with Gasteiger partial charge in [-0.3, -0.25) is 18.6 Å². The number of phosphoric acid groups is 1. The van der Waals surface area contributed by atoms with Gasteiger partial charge >= 0.3 is 19.8 Å². The number of phosphoric ester groups is 1. The minimum absolute atomic E-state index is 0.00486. The van der Waals surface area contributed by atoms with E-state index in [0.29, 0.717) is 19.3 Å². The highest BCUT2D eigenvalue weighted by Gasteiger charge is 2.39. The van der Waals surface area contributed by atoms with Gasteiger partial charge in [0.05, 0.1) is 37.9 Å². The van der Waals surface area contributed by atoms with Crippen molar-refractivity contribution in [1.29, 1.82) is 0 Å². The van der Waals surface area contributed by atoms with Crippen LogP contribution >= 0.6 is 7.82 Å². The average Bonchev–Trinajstić information content (AvgIpc) is 3.41. The third-order valence-electron chi connectivity index (χ3n) is 9.29. The Balaban J connectivity index is 2.50. The minimum atomic E-state index is -4.46. The summed E-state index contributed by atoms with van der Waals surface area (Å²) in [6, 6.07) is 0. The Morgan fingerprint density at radius 1 is 0.815 bits per heavy atom. The summed E-state index contributed by atoms with van der Waals surface area (Å²) in [5.41, 5.74) is 5.33. The molecule has 7 atom stereocenters. The van der Waals surface area contributed by atoms with E-state index in [2.05, 4.69) is 38.2 Å². The molecular formula is C41H72NO11P. The fraction of sp³-hybridized carbons (Fsp3) is 0.756. The van der Waals surface area contributed by atoms with Gasteiger partial charge < -0.3 is 35.4 Å². The minimum Gasteiger partial charge on any atom is -0.461 e. The number of unbranched alkanes of at least 4 members (excludes halogenated alkanes) is 10. The Morgan fingerprint density at radius 3 is 2.19 bits per heavy atom. The normalized spacial score (nSPS) is 21.4. The Bertz CT molecular complexity index is 1140. The maximum Gasteiger partial charge on any atom is 0.472 e. The molecule has 0 spiro atoms. The van der Waals surface area contributed by atoms with Gasteiger partial charge in [0.15, 0.2) is 6.10 Å². The molecule has 6 N–H and O–H groups in total.